The van der Waals surface area contributed by atoms with Crippen LogP contribution in [0.4, 0.5) is 0 Å². The van der Waals surface area contributed by atoms with Gasteiger partial charge in [-0.05, 0) is 38.5 Å². The van der Waals surface area contributed by atoms with Crippen molar-refractivity contribution in [3.8, 4) is 0 Å². The molecule has 0 radical (unpaired) electrons. The predicted octanol–water partition coefficient (Wildman–Crippen LogP) is 1.45. The molecule has 1 aliphatic heterocycles. The van der Waals surface area contributed by atoms with Gasteiger partial charge in [0.1, 0.15) is 0 Å². The van der Waals surface area contributed by atoms with Crippen LogP contribution in [-0.2, 0) is 0 Å². The molecule has 0 bridgehead atoms. The van der Waals surface area contributed by atoms with Gasteiger partial charge in [0, 0.05) is 24.7 Å². The molecule has 2 aliphatic rings. The average molecular weight is 182 g/mol. The van der Waals surface area contributed by atoms with Gasteiger partial charge in [0.2, 0.25) is 0 Å². The minimum absolute atomic E-state index is 0.320. The van der Waals surface area contributed by atoms with E-state index in [1.165, 1.54) is 19.5 Å². The summed E-state index contributed by atoms with van der Waals surface area (Å²) >= 11 is 0. The predicted molar refractivity (Wildman–Crippen MR) is 55.5 cm³/mol. The molecule has 0 aromatic heterocycles. The van der Waals surface area contributed by atoms with Crippen molar-refractivity contribution >= 4 is 0 Å². The topological polar surface area (TPSA) is 29.3 Å². The van der Waals surface area contributed by atoms with Gasteiger partial charge in [0.15, 0.2) is 0 Å². The molecule has 0 amide bonds. The van der Waals surface area contributed by atoms with Crippen molar-refractivity contribution in [1.29, 1.82) is 0 Å². The van der Waals surface area contributed by atoms with E-state index in [1.54, 1.807) is 0 Å². The van der Waals surface area contributed by atoms with Gasteiger partial charge in [-0.15, -0.1) is 0 Å². The van der Waals surface area contributed by atoms with Gasteiger partial charge in [0.05, 0.1) is 0 Å². The third-order valence-electron chi connectivity index (χ3n) is 4.03. The number of hydrogen-bond acceptors (Lipinski definition) is 2. The molecule has 0 unspecified atom stereocenters. The van der Waals surface area contributed by atoms with Crippen molar-refractivity contribution in [3.63, 3.8) is 0 Å². The summed E-state index contributed by atoms with van der Waals surface area (Å²) in [7, 11) is 0. The number of fused-ring (bicyclic) bond motifs is 1. The van der Waals surface area contributed by atoms with Crippen molar-refractivity contribution in [3.05, 3.63) is 0 Å². The number of nitrogens with two attached hydrogens (primary N) is 1. The highest BCUT2D eigenvalue weighted by molar-refractivity contribution is 5.09. The second kappa shape index (κ2) is 2.48. The van der Waals surface area contributed by atoms with Crippen molar-refractivity contribution in [1.82, 2.24) is 4.90 Å². The summed E-state index contributed by atoms with van der Waals surface area (Å²) in [6.07, 6.45) is 1.23. The molecular formula is C11H22N2. The quantitative estimate of drug-likeness (QED) is 0.614. The van der Waals surface area contributed by atoms with Gasteiger partial charge in [-0.2, -0.15) is 0 Å². The van der Waals surface area contributed by atoms with E-state index in [9.17, 15) is 0 Å². The molecule has 1 saturated carbocycles. The van der Waals surface area contributed by atoms with Gasteiger partial charge in [-0.25, -0.2) is 0 Å². The number of hydrogen-bond donors (Lipinski definition) is 1. The van der Waals surface area contributed by atoms with Gasteiger partial charge < -0.3 is 5.73 Å². The standard InChI is InChI=1S/C11H22N2/c1-10(2,3)13-6-8-9(12)5-11(8,4)7-13/h8-9H,5-7,12H2,1-4H3/t8-,9-,11-/m1/s1. The molecule has 1 heterocycles. The Bertz CT molecular complexity index is 219. The fourth-order valence-electron chi connectivity index (χ4n) is 2.98. The monoisotopic (exact) mass is 182 g/mol. The lowest BCUT2D eigenvalue weighted by Gasteiger charge is -2.46. The number of nitrogens with zero attached hydrogens (tertiary/aromatic N) is 1. The zero-order chi connectivity index (χ0) is 9.85. The van der Waals surface area contributed by atoms with Gasteiger partial charge in [-0.3, -0.25) is 4.90 Å². The maximum absolute atomic E-state index is 6.03. The molecule has 2 heteroatoms. The van der Waals surface area contributed by atoms with E-state index in [0.29, 0.717) is 17.0 Å². The summed E-state index contributed by atoms with van der Waals surface area (Å²) in [6, 6.07) is 0.470. The Hall–Kier alpha value is -0.0800. The molecule has 2 fully saturated rings. The van der Waals surface area contributed by atoms with Gasteiger partial charge >= 0.3 is 0 Å². The van der Waals surface area contributed by atoms with Crippen molar-refractivity contribution < 1.29 is 0 Å². The maximum atomic E-state index is 6.03. The van der Waals surface area contributed by atoms with E-state index in [0.717, 1.165) is 5.92 Å². The Labute approximate surface area is 81.5 Å². The van der Waals surface area contributed by atoms with Crippen LogP contribution in [0.3, 0.4) is 0 Å². The van der Waals surface area contributed by atoms with E-state index in [-0.39, 0.29) is 0 Å². The Balaban J connectivity index is 2.09. The molecular weight excluding hydrogens is 160 g/mol. The summed E-state index contributed by atoms with van der Waals surface area (Å²) in [5, 5.41) is 0. The highest BCUT2D eigenvalue weighted by Crippen LogP contribution is 2.51. The lowest BCUT2D eigenvalue weighted by atomic mass is 9.60. The van der Waals surface area contributed by atoms with Crippen LogP contribution in [0.15, 0.2) is 0 Å². The number of likely N-dealkylation sites (tertiary alicyclic amines) is 1. The molecule has 0 spiro atoms. The van der Waals surface area contributed by atoms with E-state index >= 15 is 0 Å². The Morgan fingerprint density at radius 1 is 1.38 bits per heavy atom. The van der Waals surface area contributed by atoms with Crippen molar-refractivity contribution in [2.45, 2.75) is 45.7 Å². The van der Waals surface area contributed by atoms with Crippen LogP contribution in [0.25, 0.3) is 0 Å². The van der Waals surface area contributed by atoms with Crippen LogP contribution in [0.2, 0.25) is 0 Å². The minimum atomic E-state index is 0.320. The first kappa shape index (κ1) is 9.47. The van der Waals surface area contributed by atoms with Crippen LogP contribution in [-0.4, -0.2) is 29.6 Å². The lowest BCUT2D eigenvalue weighted by molar-refractivity contribution is 0.0738. The molecule has 2 N–H and O–H groups in total. The Kier molecular flexibility index (Phi) is 1.81. The highest BCUT2D eigenvalue weighted by atomic mass is 15.2. The first-order valence-corrected chi connectivity index (χ1v) is 5.34. The highest BCUT2D eigenvalue weighted by Gasteiger charge is 2.55. The first-order chi connectivity index (χ1) is 5.83. The molecule has 1 aliphatic carbocycles. The summed E-state index contributed by atoms with van der Waals surface area (Å²) in [5.41, 5.74) is 6.88. The molecule has 3 atom stereocenters. The Morgan fingerprint density at radius 3 is 2.38 bits per heavy atom. The molecule has 1 saturated heterocycles. The molecule has 0 aromatic rings. The van der Waals surface area contributed by atoms with E-state index < -0.39 is 0 Å². The van der Waals surface area contributed by atoms with E-state index in [1.807, 2.05) is 0 Å². The summed E-state index contributed by atoms with van der Waals surface area (Å²) in [5.74, 6) is 0.756. The fraction of sp³-hybridized carbons (Fsp3) is 1.00. The SMILES string of the molecule is CC(C)(C)N1C[C@@H]2[C@H](N)C[C@]2(C)C1. The van der Waals surface area contributed by atoms with Crippen LogP contribution in [0.5, 0.6) is 0 Å². The Morgan fingerprint density at radius 2 is 2.00 bits per heavy atom. The second-order valence-electron chi connectivity index (χ2n) is 6.18. The van der Waals surface area contributed by atoms with Crippen molar-refractivity contribution in [2.75, 3.05) is 13.1 Å². The minimum Gasteiger partial charge on any atom is -0.327 e. The fourth-order valence-corrected chi connectivity index (χ4v) is 2.98. The second-order valence-corrected chi connectivity index (χ2v) is 6.18. The third kappa shape index (κ3) is 1.31. The molecule has 0 aromatic carbocycles. The zero-order valence-corrected chi connectivity index (χ0v) is 9.30. The first-order valence-electron chi connectivity index (χ1n) is 5.34. The van der Waals surface area contributed by atoms with E-state index in [2.05, 4.69) is 32.6 Å². The van der Waals surface area contributed by atoms with Gasteiger partial charge in [-0.1, -0.05) is 6.92 Å². The third-order valence-corrected chi connectivity index (χ3v) is 4.03. The average Bonchev–Trinajstić information content (AvgIpc) is 2.21. The lowest BCUT2D eigenvalue weighted by Crippen LogP contribution is -2.53. The molecule has 2 nitrogen and oxygen atoms in total. The van der Waals surface area contributed by atoms with Crippen LogP contribution < -0.4 is 5.73 Å². The largest absolute Gasteiger partial charge is 0.327 e. The van der Waals surface area contributed by atoms with Crippen LogP contribution in [0, 0.1) is 11.3 Å². The summed E-state index contributed by atoms with van der Waals surface area (Å²) < 4.78 is 0. The summed E-state index contributed by atoms with van der Waals surface area (Å²) in [4.78, 5) is 2.59. The van der Waals surface area contributed by atoms with E-state index in [4.69, 9.17) is 5.73 Å². The van der Waals surface area contributed by atoms with Crippen molar-refractivity contribution in [2.24, 2.45) is 17.1 Å². The summed E-state index contributed by atoms with van der Waals surface area (Å²) in [6.45, 7) is 11.7. The van der Waals surface area contributed by atoms with Crippen LogP contribution >= 0.6 is 0 Å². The van der Waals surface area contributed by atoms with Gasteiger partial charge in [0.25, 0.3) is 0 Å². The van der Waals surface area contributed by atoms with Crippen LogP contribution in [0.1, 0.15) is 34.1 Å². The molecule has 2 rings (SSSR count). The number of rotatable bonds is 0. The maximum Gasteiger partial charge on any atom is 0.0125 e. The zero-order valence-electron chi connectivity index (χ0n) is 9.30. The molecule has 76 valence electrons. The normalized spacial score (nSPS) is 45.9. The molecule has 13 heavy (non-hydrogen) atoms. The smallest absolute Gasteiger partial charge is 0.0125 e.